The lowest BCUT2D eigenvalue weighted by atomic mass is 10.1. The monoisotopic (exact) mass is 479 g/mol. The lowest BCUT2D eigenvalue weighted by Crippen LogP contribution is -2.16. The van der Waals surface area contributed by atoms with E-state index < -0.39 is 22.0 Å². The number of hydrogen-bond acceptors (Lipinski definition) is 6. The highest BCUT2D eigenvalue weighted by Gasteiger charge is 2.22. The third-order valence-electron chi connectivity index (χ3n) is 3.47. The van der Waals surface area contributed by atoms with Crippen LogP contribution < -0.4 is 4.72 Å². The normalized spacial score (nSPS) is 11.1. The van der Waals surface area contributed by atoms with Crippen LogP contribution in [0.1, 0.15) is 34.6 Å². The summed E-state index contributed by atoms with van der Waals surface area (Å²) < 4.78 is 37.6. The Morgan fingerprint density at radius 3 is 1.79 bits per heavy atom. The maximum Gasteiger partial charge on any atom is 0.338 e. The van der Waals surface area contributed by atoms with Gasteiger partial charge in [-0.05, 0) is 44.2 Å². The third kappa shape index (κ3) is 5.76. The van der Waals surface area contributed by atoms with E-state index in [-0.39, 0.29) is 50.0 Å². The first kappa shape index (κ1) is 23.3. The van der Waals surface area contributed by atoms with Gasteiger partial charge in [0.15, 0.2) is 0 Å². The van der Waals surface area contributed by atoms with Crippen LogP contribution in [0.2, 0.25) is 15.1 Å². The average molecular weight is 481 g/mol. The van der Waals surface area contributed by atoms with E-state index in [2.05, 4.69) is 4.72 Å². The molecule has 29 heavy (non-hydrogen) atoms. The number of halogens is 3. The van der Waals surface area contributed by atoms with Crippen LogP contribution in [-0.4, -0.2) is 33.6 Å². The Labute approximate surface area is 182 Å². The van der Waals surface area contributed by atoms with Crippen LogP contribution in [0.25, 0.3) is 0 Å². The summed E-state index contributed by atoms with van der Waals surface area (Å²) in [6.07, 6.45) is 0. The van der Waals surface area contributed by atoms with Crippen molar-refractivity contribution in [2.45, 2.75) is 18.7 Å². The van der Waals surface area contributed by atoms with E-state index >= 15 is 0 Å². The van der Waals surface area contributed by atoms with Crippen molar-refractivity contribution in [3.05, 3.63) is 56.5 Å². The molecule has 2 rings (SSSR count). The van der Waals surface area contributed by atoms with Crippen LogP contribution in [0.15, 0.2) is 35.2 Å². The summed E-state index contributed by atoms with van der Waals surface area (Å²) >= 11 is 17.7. The third-order valence-corrected chi connectivity index (χ3v) is 6.04. The van der Waals surface area contributed by atoms with E-state index in [1.165, 1.54) is 24.3 Å². The molecule has 0 aliphatic rings. The van der Waals surface area contributed by atoms with Gasteiger partial charge in [-0.25, -0.2) is 18.0 Å². The van der Waals surface area contributed by atoms with Crippen molar-refractivity contribution >= 4 is 62.5 Å². The van der Waals surface area contributed by atoms with Gasteiger partial charge >= 0.3 is 11.9 Å². The lowest BCUT2D eigenvalue weighted by molar-refractivity contribution is 0.0525. The Bertz CT molecular complexity index is 1020. The standard InChI is InChI=1S/C18H16Cl3NO6S/c1-3-27-17(23)10-5-11(18(24)28-4-2)7-12(6-10)22-29(25,26)16-9-14(20)13(19)8-15(16)21/h5-9,22H,3-4H2,1-2H3. The molecule has 0 saturated heterocycles. The second-order valence-electron chi connectivity index (χ2n) is 5.54. The summed E-state index contributed by atoms with van der Waals surface area (Å²) in [7, 11) is -4.22. The van der Waals surface area contributed by atoms with Gasteiger partial charge in [-0.1, -0.05) is 34.8 Å². The van der Waals surface area contributed by atoms with Crippen molar-refractivity contribution in [2.75, 3.05) is 17.9 Å². The Balaban J connectivity index is 2.51. The van der Waals surface area contributed by atoms with Gasteiger partial charge in [0.05, 0.1) is 45.1 Å². The van der Waals surface area contributed by atoms with E-state index in [1.54, 1.807) is 13.8 Å². The molecule has 0 bridgehead atoms. The van der Waals surface area contributed by atoms with E-state index in [9.17, 15) is 18.0 Å². The van der Waals surface area contributed by atoms with Crippen LogP contribution >= 0.6 is 34.8 Å². The van der Waals surface area contributed by atoms with Gasteiger partial charge in [0.25, 0.3) is 10.0 Å². The van der Waals surface area contributed by atoms with Crippen molar-refractivity contribution < 1.29 is 27.5 Å². The first-order valence-electron chi connectivity index (χ1n) is 8.25. The highest BCUT2D eigenvalue weighted by molar-refractivity contribution is 7.92. The van der Waals surface area contributed by atoms with Crippen LogP contribution in [0.5, 0.6) is 0 Å². The van der Waals surface area contributed by atoms with Gasteiger partial charge in [-0.15, -0.1) is 0 Å². The highest BCUT2D eigenvalue weighted by Crippen LogP contribution is 2.32. The maximum atomic E-state index is 12.8. The van der Waals surface area contributed by atoms with Gasteiger partial charge in [-0.3, -0.25) is 4.72 Å². The number of ether oxygens (including phenoxy) is 2. The summed E-state index contributed by atoms with van der Waals surface area (Å²) in [5.41, 5.74) is -0.133. The first-order valence-corrected chi connectivity index (χ1v) is 10.9. The summed E-state index contributed by atoms with van der Waals surface area (Å²) in [6.45, 7) is 3.43. The molecule has 0 radical (unpaired) electrons. The van der Waals surface area contributed by atoms with Gasteiger partial charge < -0.3 is 9.47 Å². The molecule has 0 atom stereocenters. The zero-order valence-corrected chi connectivity index (χ0v) is 18.4. The van der Waals surface area contributed by atoms with Crippen molar-refractivity contribution in [3.8, 4) is 0 Å². The van der Waals surface area contributed by atoms with Crippen molar-refractivity contribution in [3.63, 3.8) is 0 Å². The Morgan fingerprint density at radius 1 is 0.828 bits per heavy atom. The fourth-order valence-corrected chi connectivity index (χ4v) is 4.31. The van der Waals surface area contributed by atoms with Crippen LogP contribution in [0.3, 0.4) is 0 Å². The number of carbonyl (C=O) groups is 2. The minimum absolute atomic E-state index is 0.0103. The molecule has 0 fully saturated rings. The predicted molar refractivity (Wildman–Crippen MR) is 111 cm³/mol. The highest BCUT2D eigenvalue weighted by atomic mass is 35.5. The number of sulfonamides is 1. The molecular weight excluding hydrogens is 465 g/mol. The minimum atomic E-state index is -4.22. The summed E-state index contributed by atoms with van der Waals surface area (Å²) in [5.74, 6) is -1.46. The van der Waals surface area contributed by atoms with E-state index in [0.29, 0.717) is 0 Å². The van der Waals surface area contributed by atoms with Gasteiger partial charge in [0.1, 0.15) is 4.90 Å². The number of esters is 2. The smallest absolute Gasteiger partial charge is 0.338 e. The maximum absolute atomic E-state index is 12.8. The number of anilines is 1. The van der Waals surface area contributed by atoms with Crippen LogP contribution in [-0.2, 0) is 19.5 Å². The fourth-order valence-electron chi connectivity index (χ4n) is 2.27. The van der Waals surface area contributed by atoms with Crippen LogP contribution in [0, 0.1) is 0 Å². The number of rotatable bonds is 7. The van der Waals surface area contributed by atoms with Gasteiger partial charge in [0.2, 0.25) is 0 Å². The largest absolute Gasteiger partial charge is 0.462 e. The summed E-state index contributed by atoms with van der Waals surface area (Å²) in [6, 6.07) is 5.99. The molecule has 0 aliphatic heterocycles. The Morgan fingerprint density at radius 2 is 1.31 bits per heavy atom. The minimum Gasteiger partial charge on any atom is -0.462 e. The van der Waals surface area contributed by atoms with Crippen molar-refractivity contribution in [1.82, 2.24) is 0 Å². The SMILES string of the molecule is CCOC(=O)c1cc(NS(=O)(=O)c2cc(Cl)c(Cl)cc2Cl)cc(C(=O)OCC)c1. The molecule has 156 valence electrons. The Kier molecular flexibility index (Phi) is 7.76. The van der Waals surface area contributed by atoms with Gasteiger partial charge in [-0.2, -0.15) is 0 Å². The Hall–Kier alpha value is -2.00. The van der Waals surface area contributed by atoms with E-state index in [4.69, 9.17) is 44.3 Å². The van der Waals surface area contributed by atoms with Crippen LogP contribution in [0.4, 0.5) is 5.69 Å². The second-order valence-corrected chi connectivity index (χ2v) is 8.41. The molecule has 0 aromatic heterocycles. The number of carbonyl (C=O) groups excluding carboxylic acids is 2. The second kappa shape index (κ2) is 9.67. The van der Waals surface area contributed by atoms with E-state index in [1.807, 2.05) is 0 Å². The molecule has 0 amide bonds. The zero-order valence-electron chi connectivity index (χ0n) is 15.3. The molecule has 2 aromatic rings. The first-order chi connectivity index (χ1) is 13.6. The molecule has 0 saturated carbocycles. The van der Waals surface area contributed by atoms with E-state index in [0.717, 1.165) is 6.07 Å². The lowest BCUT2D eigenvalue weighted by Gasteiger charge is -2.13. The van der Waals surface area contributed by atoms with Crippen molar-refractivity contribution in [1.29, 1.82) is 0 Å². The molecular formula is C18H16Cl3NO6S. The molecule has 0 aliphatic carbocycles. The predicted octanol–water partition coefficient (Wildman–Crippen LogP) is 4.80. The molecule has 11 heteroatoms. The molecule has 0 spiro atoms. The number of hydrogen-bond donors (Lipinski definition) is 1. The quantitative estimate of drug-likeness (QED) is 0.451. The summed E-state index contributed by atoms with van der Waals surface area (Å²) in [4.78, 5) is 23.9. The molecule has 1 N–H and O–H groups in total. The number of benzene rings is 2. The fraction of sp³-hybridized carbons (Fsp3) is 0.222. The number of nitrogens with one attached hydrogen (secondary N) is 1. The topological polar surface area (TPSA) is 98.8 Å². The van der Waals surface area contributed by atoms with Gasteiger partial charge in [0, 0.05) is 0 Å². The average Bonchev–Trinajstić information content (AvgIpc) is 2.64. The van der Waals surface area contributed by atoms with Crippen molar-refractivity contribution in [2.24, 2.45) is 0 Å². The molecule has 0 unspecified atom stereocenters. The molecule has 2 aromatic carbocycles. The molecule has 7 nitrogen and oxygen atoms in total. The summed E-state index contributed by atoms with van der Waals surface area (Å²) in [5, 5.41) is -0.0764. The zero-order chi connectivity index (χ0) is 21.8. The molecule has 0 heterocycles.